The molecular weight excluding hydrogens is 320 g/mol. The van der Waals surface area contributed by atoms with Gasteiger partial charge in [0.15, 0.2) is 0 Å². The summed E-state index contributed by atoms with van der Waals surface area (Å²) < 4.78 is 27.8. The molecule has 0 saturated carbocycles. The van der Waals surface area contributed by atoms with E-state index in [2.05, 4.69) is 4.72 Å². The summed E-state index contributed by atoms with van der Waals surface area (Å²) in [5, 5.41) is 1.78. The normalized spacial score (nSPS) is 11.5. The molecule has 0 fully saturated rings. The van der Waals surface area contributed by atoms with Gasteiger partial charge < -0.3 is 5.73 Å². The summed E-state index contributed by atoms with van der Waals surface area (Å²) in [6, 6.07) is 16.8. The smallest absolute Gasteiger partial charge is 0.262 e. The summed E-state index contributed by atoms with van der Waals surface area (Å²) in [6.07, 6.45) is 0. The summed E-state index contributed by atoms with van der Waals surface area (Å²) in [7, 11) is -3.74. The van der Waals surface area contributed by atoms with Crippen molar-refractivity contribution in [1.29, 1.82) is 0 Å². The number of anilines is 2. The average Bonchev–Trinajstić information content (AvgIpc) is 2.47. The van der Waals surface area contributed by atoms with Gasteiger partial charge in [0.2, 0.25) is 0 Å². The molecule has 0 aliphatic rings. The maximum absolute atomic E-state index is 12.6. The van der Waals surface area contributed by atoms with Gasteiger partial charge in [-0.2, -0.15) is 0 Å². The summed E-state index contributed by atoms with van der Waals surface area (Å²) in [4.78, 5) is 0.176. The largest absolute Gasteiger partial charge is 0.399 e. The van der Waals surface area contributed by atoms with Gasteiger partial charge in [-0.3, -0.25) is 4.72 Å². The lowest BCUT2D eigenvalue weighted by Crippen LogP contribution is -2.13. The molecule has 0 unspecified atom stereocenters. The second-order valence-electron chi connectivity index (χ2n) is 4.82. The van der Waals surface area contributed by atoms with Gasteiger partial charge in [0.25, 0.3) is 10.0 Å². The van der Waals surface area contributed by atoms with E-state index in [1.165, 1.54) is 6.07 Å². The van der Waals surface area contributed by atoms with Gasteiger partial charge in [-0.15, -0.1) is 0 Å². The quantitative estimate of drug-likeness (QED) is 0.715. The van der Waals surface area contributed by atoms with E-state index in [4.69, 9.17) is 17.3 Å². The van der Waals surface area contributed by atoms with Crippen LogP contribution < -0.4 is 10.5 Å². The highest BCUT2D eigenvalue weighted by atomic mass is 35.5. The third-order valence-electron chi connectivity index (χ3n) is 3.26. The molecule has 112 valence electrons. The fraction of sp³-hybridized carbons (Fsp3) is 0. The topological polar surface area (TPSA) is 72.2 Å². The van der Waals surface area contributed by atoms with Crippen molar-refractivity contribution in [3.8, 4) is 0 Å². The first-order chi connectivity index (χ1) is 10.5. The maximum atomic E-state index is 12.6. The van der Waals surface area contributed by atoms with Crippen molar-refractivity contribution in [2.45, 2.75) is 4.90 Å². The van der Waals surface area contributed by atoms with Crippen molar-refractivity contribution in [2.75, 3.05) is 10.5 Å². The van der Waals surface area contributed by atoms with Gasteiger partial charge in [-0.1, -0.05) is 41.9 Å². The zero-order valence-electron chi connectivity index (χ0n) is 11.5. The minimum absolute atomic E-state index is 0.176. The Hall–Kier alpha value is -2.24. The molecule has 0 bridgehead atoms. The predicted octanol–water partition coefficient (Wildman–Crippen LogP) is 3.88. The van der Waals surface area contributed by atoms with Crippen molar-refractivity contribution in [3.05, 3.63) is 65.7 Å². The fourth-order valence-electron chi connectivity index (χ4n) is 2.28. The van der Waals surface area contributed by atoms with Crippen LogP contribution >= 0.6 is 11.6 Å². The van der Waals surface area contributed by atoms with E-state index in [0.29, 0.717) is 27.2 Å². The number of nitrogens with one attached hydrogen (secondary N) is 1. The van der Waals surface area contributed by atoms with Crippen LogP contribution in [0.2, 0.25) is 5.02 Å². The van der Waals surface area contributed by atoms with E-state index in [0.717, 1.165) is 0 Å². The summed E-state index contributed by atoms with van der Waals surface area (Å²) >= 11 is 6.13. The molecule has 4 nitrogen and oxygen atoms in total. The number of nitrogens with two attached hydrogens (primary N) is 1. The first-order valence-corrected chi connectivity index (χ1v) is 8.39. The van der Waals surface area contributed by atoms with E-state index in [1.54, 1.807) is 48.5 Å². The highest BCUT2D eigenvalue weighted by Gasteiger charge is 2.18. The first kappa shape index (κ1) is 14.7. The molecule has 0 radical (unpaired) electrons. The highest BCUT2D eigenvalue weighted by molar-refractivity contribution is 7.93. The van der Waals surface area contributed by atoms with Crippen LogP contribution in [0.4, 0.5) is 11.4 Å². The Morgan fingerprint density at radius 2 is 1.64 bits per heavy atom. The SMILES string of the molecule is Nc1cccc(NS(=O)(=O)c2ccc(Cl)c3ccccc23)c1. The molecule has 0 aliphatic carbocycles. The Morgan fingerprint density at radius 1 is 0.909 bits per heavy atom. The Balaban J connectivity index is 2.12. The van der Waals surface area contributed by atoms with E-state index < -0.39 is 10.0 Å². The zero-order valence-corrected chi connectivity index (χ0v) is 13.0. The molecule has 22 heavy (non-hydrogen) atoms. The second kappa shape index (κ2) is 5.51. The Labute approximate surface area is 133 Å². The number of hydrogen-bond acceptors (Lipinski definition) is 3. The van der Waals surface area contributed by atoms with Gasteiger partial charge in [0, 0.05) is 21.5 Å². The van der Waals surface area contributed by atoms with Gasteiger partial charge in [-0.25, -0.2) is 8.42 Å². The predicted molar refractivity (Wildman–Crippen MR) is 90.6 cm³/mol. The summed E-state index contributed by atoms with van der Waals surface area (Å²) in [6.45, 7) is 0. The lowest BCUT2D eigenvalue weighted by molar-refractivity contribution is 0.602. The second-order valence-corrected chi connectivity index (χ2v) is 6.88. The molecule has 0 saturated heterocycles. The number of nitrogen functional groups attached to an aromatic ring is 1. The van der Waals surface area contributed by atoms with E-state index in [9.17, 15) is 8.42 Å². The highest BCUT2D eigenvalue weighted by Crippen LogP contribution is 2.30. The molecular formula is C16H13ClN2O2S. The number of rotatable bonds is 3. The summed E-state index contributed by atoms with van der Waals surface area (Å²) in [5.41, 5.74) is 6.58. The molecule has 0 atom stereocenters. The minimum Gasteiger partial charge on any atom is -0.399 e. The van der Waals surface area contributed by atoms with Crippen LogP contribution in [0, 0.1) is 0 Å². The molecule has 3 aromatic rings. The van der Waals surface area contributed by atoms with Crippen LogP contribution in [0.1, 0.15) is 0 Å². The van der Waals surface area contributed by atoms with Gasteiger partial charge in [0.05, 0.1) is 10.6 Å². The first-order valence-electron chi connectivity index (χ1n) is 6.53. The summed E-state index contributed by atoms with van der Waals surface area (Å²) in [5.74, 6) is 0. The van der Waals surface area contributed by atoms with Crippen LogP contribution in [0.5, 0.6) is 0 Å². The number of sulfonamides is 1. The Bertz CT molecular complexity index is 955. The standard InChI is InChI=1S/C16H13ClN2O2S/c17-15-8-9-16(14-7-2-1-6-13(14)15)22(20,21)19-12-5-3-4-11(18)10-12/h1-10,19H,18H2. The molecule has 0 amide bonds. The molecule has 0 aromatic heterocycles. The third kappa shape index (κ3) is 2.73. The van der Waals surface area contributed by atoms with Gasteiger partial charge >= 0.3 is 0 Å². The van der Waals surface area contributed by atoms with Gasteiger partial charge in [0.1, 0.15) is 0 Å². The zero-order chi connectivity index (χ0) is 15.7. The molecule has 0 spiro atoms. The van der Waals surface area contributed by atoms with Crippen molar-refractivity contribution in [2.24, 2.45) is 0 Å². The average molecular weight is 333 g/mol. The lowest BCUT2D eigenvalue weighted by atomic mass is 10.1. The van der Waals surface area contributed by atoms with E-state index in [-0.39, 0.29) is 4.90 Å². The maximum Gasteiger partial charge on any atom is 0.262 e. The number of fused-ring (bicyclic) bond motifs is 1. The van der Waals surface area contributed by atoms with Gasteiger partial charge in [-0.05, 0) is 30.3 Å². The van der Waals surface area contributed by atoms with Crippen LogP contribution in [0.3, 0.4) is 0 Å². The molecule has 3 aromatic carbocycles. The van der Waals surface area contributed by atoms with Crippen molar-refractivity contribution >= 4 is 43.8 Å². The number of benzene rings is 3. The fourth-order valence-corrected chi connectivity index (χ4v) is 3.77. The molecule has 0 heterocycles. The molecule has 3 rings (SSSR count). The minimum atomic E-state index is -3.74. The number of hydrogen-bond donors (Lipinski definition) is 2. The van der Waals surface area contributed by atoms with Crippen LogP contribution in [-0.2, 0) is 10.0 Å². The van der Waals surface area contributed by atoms with E-state index >= 15 is 0 Å². The molecule has 0 aliphatic heterocycles. The number of halogens is 1. The lowest BCUT2D eigenvalue weighted by Gasteiger charge is -2.11. The van der Waals surface area contributed by atoms with Crippen molar-refractivity contribution in [1.82, 2.24) is 0 Å². The third-order valence-corrected chi connectivity index (χ3v) is 5.03. The van der Waals surface area contributed by atoms with Crippen molar-refractivity contribution < 1.29 is 8.42 Å². The van der Waals surface area contributed by atoms with Crippen LogP contribution in [0.15, 0.2) is 65.6 Å². The molecule has 6 heteroatoms. The monoisotopic (exact) mass is 332 g/mol. The Morgan fingerprint density at radius 3 is 2.36 bits per heavy atom. The Kier molecular flexibility index (Phi) is 3.68. The van der Waals surface area contributed by atoms with Crippen LogP contribution in [-0.4, -0.2) is 8.42 Å². The molecule has 3 N–H and O–H groups in total. The van der Waals surface area contributed by atoms with Crippen LogP contribution in [0.25, 0.3) is 10.8 Å². The van der Waals surface area contributed by atoms with Crippen molar-refractivity contribution in [3.63, 3.8) is 0 Å². The van der Waals surface area contributed by atoms with E-state index in [1.807, 2.05) is 6.07 Å².